The van der Waals surface area contributed by atoms with Gasteiger partial charge in [-0.3, -0.25) is 9.89 Å². The Labute approximate surface area is 139 Å². The van der Waals surface area contributed by atoms with E-state index >= 15 is 0 Å². The van der Waals surface area contributed by atoms with Crippen molar-refractivity contribution in [2.45, 2.75) is 33.1 Å². The molecule has 1 N–H and O–H groups in total. The Morgan fingerprint density at radius 3 is 2.83 bits per heavy atom. The number of nitrogens with one attached hydrogen (secondary N) is 1. The summed E-state index contributed by atoms with van der Waals surface area (Å²) >= 11 is 5.22. The van der Waals surface area contributed by atoms with Gasteiger partial charge in [0.2, 0.25) is 4.77 Å². The lowest BCUT2D eigenvalue weighted by Gasteiger charge is -2.15. The van der Waals surface area contributed by atoms with Crippen molar-refractivity contribution < 1.29 is 4.79 Å². The molecule has 2 heterocycles. The van der Waals surface area contributed by atoms with E-state index in [9.17, 15) is 4.79 Å². The average Bonchev–Trinajstić information content (AvgIpc) is 3.05. The maximum atomic E-state index is 12.8. The number of hydrogen-bond acceptors (Lipinski definition) is 4. The lowest BCUT2D eigenvalue weighted by Crippen LogP contribution is -2.31. The number of fused-ring (bicyclic) bond motifs is 1. The van der Waals surface area contributed by atoms with Crippen LogP contribution >= 0.6 is 12.2 Å². The fraction of sp³-hybridized carbons (Fsp3) is 0.375. The van der Waals surface area contributed by atoms with E-state index in [4.69, 9.17) is 12.2 Å². The van der Waals surface area contributed by atoms with Crippen LogP contribution in [0.4, 0.5) is 5.69 Å². The molecule has 3 rings (SSSR count). The lowest BCUT2D eigenvalue weighted by atomic mass is 10.1. The van der Waals surface area contributed by atoms with Gasteiger partial charge < -0.3 is 4.90 Å². The van der Waals surface area contributed by atoms with Crippen LogP contribution in [0.5, 0.6) is 0 Å². The SMILES string of the molecule is CCCCN1C(=O)C(=Nn2c(CC)n[nH]c2=S)c2ccccc21. The number of aromatic nitrogens is 3. The predicted molar refractivity (Wildman–Crippen MR) is 92.4 cm³/mol. The van der Waals surface area contributed by atoms with E-state index in [2.05, 4.69) is 22.2 Å². The molecule has 1 aliphatic rings. The summed E-state index contributed by atoms with van der Waals surface area (Å²) in [7, 11) is 0. The highest BCUT2D eigenvalue weighted by Gasteiger charge is 2.33. The summed E-state index contributed by atoms with van der Waals surface area (Å²) in [6.07, 6.45) is 2.67. The average molecular weight is 329 g/mol. The van der Waals surface area contributed by atoms with Crippen LogP contribution in [0.1, 0.15) is 38.1 Å². The van der Waals surface area contributed by atoms with Crippen molar-refractivity contribution in [3.05, 3.63) is 40.4 Å². The third-order valence-electron chi connectivity index (χ3n) is 3.87. The third kappa shape index (κ3) is 2.72. The topological polar surface area (TPSA) is 66.3 Å². The molecule has 0 bridgehead atoms. The summed E-state index contributed by atoms with van der Waals surface area (Å²) in [5.74, 6) is 0.629. The zero-order valence-corrected chi connectivity index (χ0v) is 14.1. The van der Waals surface area contributed by atoms with Gasteiger partial charge in [-0.1, -0.05) is 38.5 Å². The van der Waals surface area contributed by atoms with Crippen LogP contribution in [-0.4, -0.2) is 33.0 Å². The number of para-hydroxylation sites is 1. The van der Waals surface area contributed by atoms with Crippen molar-refractivity contribution >= 4 is 29.5 Å². The summed E-state index contributed by atoms with van der Waals surface area (Å²) in [6.45, 7) is 4.78. The lowest BCUT2D eigenvalue weighted by molar-refractivity contribution is -0.112. The van der Waals surface area contributed by atoms with Crippen molar-refractivity contribution in [3.63, 3.8) is 0 Å². The Balaban J connectivity index is 2.09. The molecule has 1 aromatic heterocycles. The summed E-state index contributed by atoms with van der Waals surface area (Å²) in [5, 5.41) is 11.4. The van der Waals surface area contributed by atoms with Crippen LogP contribution in [0.3, 0.4) is 0 Å². The van der Waals surface area contributed by atoms with Gasteiger partial charge in [-0.05, 0) is 24.7 Å². The minimum absolute atomic E-state index is 0.0789. The predicted octanol–water partition coefficient (Wildman–Crippen LogP) is 2.90. The first-order valence-electron chi connectivity index (χ1n) is 7.83. The number of H-pyrrole nitrogens is 1. The fourth-order valence-electron chi connectivity index (χ4n) is 2.65. The van der Waals surface area contributed by atoms with E-state index in [1.54, 1.807) is 9.58 Å². The van der Waals surface area contributed by atoms with Gasteiger partial charge in [-0.2, -0.15) is 14.9 Å². The zero-order valence-electron chi connectivity index (χ0n) is 13.2. The summed E-state index contributed by atoms with van der Waals surface area (Å²) in [5.41, 5.74) is 2.18. The summed E-state index contributed by atoms with van der Waals surface area (Å²) < 4.78 is 1.94. The Bertz CT molecular complexity index is 820. The molecule has 6 nitrogen and oxygen atoms in total. The zero-order chi connectivity index (χ0) is 16.4. The second-order valence-electron chi connectivity index (χ2n) is 5.39. The Morgan fingerprint density at radius 1 is 1.30 bits per heavy atom. The van der Waals surface area contributed by atoms with Crippen molar-refractivity contribution in [2.75, 3.05) is 11.4 Å². The highest BCUT2D eigenvalue weighted by Crippen LogP contribution is 2.29. The molecule has 0 fully saturated rings. The van der Waals surface area contributed by atoms with Crippen LogP contribution in [0.25, 0.3) is 0 Å². The second kappa shape index (κ2) is 6.45. The van der Waals surface area contributed by atoms with Gasteiger partial charge in [0.25, 0.3) is 5.91 Å². The van der Waals surface area contributed by atoms with Gasteiger partial charge in [0.15, 0.2) is 11.5 Å². The molecule has 2 aromatic rings. The molecule has 23 heavy (non-hydrogen) atoms. The summed E-state index contributed by atoms with van der Waals surface area (Å²) in [6, 6.07) is 7.74. The number of unbranched alkanes of at least 4 members (excludes halogenated alkanes) is 1. The molecule has 0 spiro atoms. The van der Waals surface area contributed by atoms with Gasteiger partial charge in [-0.25, -0.2) is 0 Å². The number of benzene rings is 1. The Morgan fingerprint density at radius 2 is 2.09 bits per heavy atom. The maximum Gasteiger partial charge on any atom is 0.279 e. The van der Waals surface area contributed by atoms with Crippen LogP contribution in [0.15, 0.2) is 29.4 Å². The highest BCUT2D eigenvalue weighted by atomic mass is 32.1. The van der Waals surface area contributed by atoms with Crippen LogP contribution in [-0.2, 0) is 11.2 Å². The molecular formula is C16H19N5OS. The smallest absolute Gasteiger partial charge is 0.279 e. The van der Waals surface area contributed by atoms with E-state index < -0.39 is 0 Å². The van der Waals surface area contributed by atoms with Gasteiger partial charge in [0.05, 0.1) is 5.69 Å². The fourth-order valence-corrected chi connectivity index (χ4v) is 2.84. The van der Waals surface area contributed by atoms with Crippen molar-refractivity contribution in [1.82, 2.24) is 14.9 Å². The normalized spacial score (nSPS) is 15.5. The minimum Gasteiger partial charge on any atom is -0.306 e. The number of nitrogens with zero attached hydrogens (tertiary/aromatic N) is 4. The number of aryl methyl sites for hydroxylation is 1. The van der Waals surface area contributed by atoms with Crippen LogP contribution in [0, 0.1) is 4.77 Å². The number of aromatic amines is 1. The van der Waals surface area contributed by atoms with E-state index in [1.165, 1.54) is 0 Å². The first-order chi connectivity index (χ1) is 11.2. The highest BCUT2D eigenvalue weighted by molar-refractivity contribution is 7.71. The molecule has 7 heteroatoms. The van der Waals surface area contributed by atoms with Crippen molar-refractivity contribution in [2.24, 2.45) is 5.10 Å². The minimum atomic E-state index is -0.0789. The molecule has 1 aromatic carbocycles. The van der Waals surface area contributed by atoms with Gasteiger partial charge in [0.1, 0.15) is 0 Å². The molecule has 0 saturated heterocycles. The Hall–Kier alpha value is -2.28. The molecular weight excluding hydrogens is 310 g/mol. The molecule has 0 saturated carbocycles. The van der Waals surface area contributed by atoms with E-state index in [1.807, 2.05) is 31.2 Å². The van der Waals surface area contributed by atoms with Gasteiger partial charge >= 0.3 is 0 Å². The molecule has 1 aliphatic heterocycles. The number of rotatable bonds is 5. The Kier molecular flexibility index (Phi) is 4.38. The molecule has 0 aliphatic carbocycles. The quantitative estimate of drug-likeness (QED) is 0.858. The van der Waals surface area contributed by atoms with Crippen molar-refractivity contribution in [3.8, 4) is 0 Å². The monoisotopic (exact) mass is 329 g/mol. The number of anilines is 1. The number of carbonyl (C=O) groups is 1. The third-order valence-corrected chi connectivity index (χ3v) is 4.13. The van der Waals surface area contributed by atoms with E-state index in [0.717, 1.165) is 24.1 Å². The first kappa shape index (κ1) is 15.6. The number of hydrogen-bond donors (Lipinski definition) is 1. The second-order valence-corrected chi connectivity index (χ2v) is 5.77. The largest absolute Gasteiger partial charge is 0.306 e. The van der Waals surface area contributed by atoms with Crippen LogP contribution < -0.4 is 4.90 Å². The number of carbonyl (C=O) groups excluding carboxylic acids is 1. The van der Waals surface area contributed by atoms with E-state index in [-0.39, 0.29) is 5.91 Å². The van der Waals surface area contributed by atoms with Crippen molar-refractivity contribution in [1.29, 1.82) is 0 Å². The molecule has 120 valence electrons. The molecule has 0 radical (unpaired) electrons. The van der Waals surface area contributed by atoms with Gasteiger partial charge in [-0.15, -0.1) is 0 Å². The molecule has 0 unspecified atom stereocenters. The molecule has 0 atom stereocenters. The molecule has 1 amide bonds. The maximum absolute atomic E-state index is 12.8. The number of amides is 1. The van der Waals surface area contributed by atoms with E-state index in [0.29, 0.717) is 29.3 Å². The first-order valence-corrected chi connectivity index (χ1v) is 8.24. The van der Waals surface area contributed by atoms with Crippen LogP contribution in [0.2, 0.25) is 0 Å². The summed E-state index contributed by atoms with van der Waals surface area (Å²) in [4.78, 5) is 14.6. The standard InChI is InChI=1S/C16H19N5OS/c1-3-5-10-20-12-9-7-6-8-11(12)14(15(20)22)19-21-13(4-2)17-18-16(21)23/h6-9H,3-5,10H2,1-2H3,(H,18,23). The van der Waals surface area contributed by atoms with Gasteiger partial charge in [0, 0.05) is 18.5 Å².